The summed E-state index contributed by atoms with van der Waals surface area (Å²) in [4.78, 5) is 0. The van der Waals surface area contributed by atoms with Crippen molar-refractivity contribution in [1.82, 2.24) is 0 Å². The van der Waals surface area contributed by atoms with Crippen molar-refractivity contribution in [2.24, 2.45) is 148 Å². The topological polar surface area (TPSA) is 0 Å². The van der Waals surface area contributed by atoms with Crippen LogP contribution in [-0.4, -0.2) is 84.7 Å². The van der Waals surface area contributed by atoms with Gasteiger partial charge in [0, 0.05) is 8.66 Å². The summed E-state index contributed by atoms with van der Waals surface area (Å²) in [6.45, 7) is 30.3. The Kier molecular flexibility index (Phi) is 36.1. The van der Waals surface area contributed by atoms with Crippen molar-refractivity contribution in [3.8, 4) is 0 Å². The van der Waals surface area contributed by atoms with Gasteiger partial charge in [-0.1, -0.05) is 137 Å². The monoisotopic (exact) mass is 1620 g/mol. The maximum Gasteiger partial charge on any atom is 0.392 e. The number of hydrogen-bond acceptors (Lipinski definition) is 0. The van der Waals surface area contributed by atoms with Crippen molar-refractivity contribution in [3.63, 3.8) is 0 Å². The van der Waals surface area contributed by atoms with Gasteiger partial charge < -0.3 is 0 Å². The fourth-order valence-electron chi connectivity index (χ4n) is 17.4. The number of halogens is 31. The molecular formula is C76H121F31. The van der Waals surface area contributed by atoms with Crippen molar-refractivity contribution < 1.29 is 139 Å². The zero-order valence-corrected chi connectivity index (χ0v) is 65.2. The quantitative estimate of drug-likeness (QED) is 0.212. The average Bonchev–Trinajstić information content (AvgIpc) is 1.53. The number of alkyl halides is 31. The van der Waals surface area contributed by atoms with Gasteiger partial charge in [0.15, 0.2) is 0 Å². The fourth-order valence-corrected chi connectivity index (χ4v) is 17.4. The molecule has 642 valence electrons. The van der Waals surface area contributed by atoms with E-state index in [1.807, 2.05) is 27.7 Å². The summed E-state index contributed by atoms with van der Waals surface area (Å²) in [7, 11) is 0. The predicted molar refractivity (Wildman–Crippen MR) is 354 cm³/mol. The Balaban J connectivity index is 0.000000615. The van der Waals surface area contributed by atoms with E-state index in [1.165, 1.54) is 20.8 Å². The molecule has 107 heavy (non-hydrogen) atoms. The van der Waals surface area contributed by atoms with Crippen LogP contribution in [0, 0.1) is 148 Å². The minimum absolute atomic E-state index is 0.0166. The molecule has 0 aliphatic heterocycles. The van der Waals surface area contributed by atoms with Crippen molar-refractivity contribution in [1.29, 1.82) is 0 Å². The van der Waals surface area contributed by atoms with E-state index in [2.05, 4.69) is 6.92 Å². The van der Waals surface area contributed by atoms with Gasteiger partial charge in [-0.3, -0.25) is 0 Å². The Bertz CT molecular complexity index is 2520. The molecule has 0 bridgehead atoms. The van der Waals surface area contributed by atoms with Gasteiger partial charge in [-0.25, -0.2) is 26.3 Å². The van der Waals surface area contributed by atoms with Crippen LogP contribution in [-0.2, 0) is 0 Å². The van der Waals surface area contributed by atoms with Crippen LogP contribution in [0.1, 0.15) is 250 Å². The van der Waals surface area contributed by atoms with Crippen LogP contribution < -0.4 is 0 Å². The third-order valence-electron chi connectivity index (χ3n) is 25.1. The number of hydrogen-bond donors (Lipinski definition) is 0. The highest BCUT2D eigenvalue weighted by molar-refractivity contribution is 5.19. The molecule has 0 amide bonds. The molecule has 0 saturated heterocycles. The molecule has 0 spiro atoms. The second-order valence-corrected chi connectivity index (χ2v) is 34.4. The summed E-state index contributed by atoms with van der Waals surface area (Å²) < 4.78 is 404. The van der Waals surface area contributed by atoms with Gasteiger partial charge in [0.05, 0.1) is 47.3 Å². The summed E-state index contributed by atoms with van der Waals surface area (Å²) in [6.07, 6.45) is -21.5. The largest absolute Gasteiger partial charge is 0.392 e. The van der Waals surface area contributed by atoms with Gasteiger partial charge in [-0.15, -0.1) is 0 Å². The number of rotatable bonds is 0. The molecule has 0 aromatic heterocycles. The molecule has 0 N–H and O–H groups in total. The molecule has 25 atom stereocenters. The van der Waals surface area contributed by atoms with E-state index in [4.69, 9.17) is 2.74 Å². The second-order valence-electron chi connectivity index (χ2n) is 34.4. The van der Waals surface area contributed by atoms with E-state index in [1.54, 1.807) is 62.3 Å². The normalized spacial score (nSPS) is 43.6. The smallest absolute Gasteiger partial charge is 0.247 e. The molecule has 9 aliphatic carbocycles. The zero-order valence-electron chi connectivity index (χ0n) is 67.2. The fraction of sp³-hybridized carbons (Fsp3) is 1.00. The van der Waals surface area contributed by atoms with Crippen LogP contribution in [0.25, 0.3) is 0 Å². The van der Waals surface area contributed by atoms with Crippen molar-refractivity contribution in [2.75, 3.05) is 0 Å². The summed E-state index contributed by atoms with van der Waals surface area (Å²) in [6, 6.07) is 0. The van der Waals surface area contributed by atoms with Crippen LogP contribution >= 0.6 is 0 Å². The van der Waals surface area contributed by atoms with Crippen LogP contribution in [0.5, 0.6) is 0 Å². The molecule has 0 heterocycles. The lowest BCUT2D eigenvalue weighted by Crippen LogP contribution is -2.52. The van der Waals surface area contributed by atoms with Gasteiger partial charge >= 0.3 is 55.1 Å². The molecule has 9 rings (SSSR count). The predicted octanol–water partition coefficient (Wildman–Crippen LogP) is 30.4. The van der Waals surface area contributed by atoms with E-state index in [9.17, 15) is 136 Å². The highest BCUT2D eigenvalue weighted by Gasteiger charge is 2.88. The van der Waals surface area contributed by atoms with E-state index >= 15 is 0 Å². The third kappa shape index (κ3) is 28.7. The first kappa shape index (κ1) is 99.0. The van der Waals surface area contributed by atoms with Crippen molar-refractivity contribution in [3.05, 3.63) is 0 Å². The van der Waals surface area contributed by atoms with Crippen LogP contribution in [0.15, 0.2) is 0 Å². The van der Waals surface area contributed by atoms with Crippen LogP contribution in [0.3, 0.4) is 0 Å². The van der Waals surface area contributed by atoms with Gasteiger partial charge in [0.1, 0.15) is 18.0 Å². The van der Waals surface area contributed by atoms with E-state index in [0.717, 1.165) is 64.2 Å². The molecule has 0 aromatic carbocycles. The van der Waals surface area contributed by atoms with Crippen LogP contribution in [0.2, 0.25) is 0 Å². The first-order valence-electron chi connectivity index (χ1n) is 38.5. The van der Waals surface area contributed by atoms with Gasteiger partial charge in [-0.05, 0) is 205 Å². The zero-order chi connectivity index (χ0) is 86.5. The molecule has 0 nitrogen and oxygen atoms in total. The minimum atomic E-state index is -5.36. The van der Waals surface area contributed by atoms with Crippen LogP contribution in [0.4, 0.5) is 136 Å². The summed E-state index contributed by atoms with van der Waals surface area (Å²) in [5.41, 5.74) is -5.37. The Morgan fingerprint density at radius 2 is 0.673 bits per heavy atom. The lowest BCUT2D eigenvalue weighted by Gasteiger charge is -2.35. The Morgan fingerprint density at radius 1 is 0.299 bits per heavy atom. The average molecular weight is 1630 g/mol. The standard InChI is InChI=1S/C10H14F6.3C9H15F3.2C8H13F3.C8H14F2.C8H15F.C7H7F7/c1-4-5(2)8(10(14,15)16)6(3)7(4)9(11,12)13;2*1-6-3-7(2)5-8(4-6)9(10,11)12;1-6-4-3-5-8(7(6)2)9(10,11)12;1-5-3-6(2)7(4-5)8(9,10)11;1-5-3-4-7(6(5)2)8(9,10)11;1-4-5(2)8(10)6(3)7(4)9;1-7-3-5-8(2,9)6-4-7;1-3-5(9,10)4(2,8)7(13,14)6(3,11)12/h4-8H,1-3H3;3*6-8H,3-5H2,1-2H3;2*5-7H,3-4H2,1-2H3;4-8H,1-3H3;7H,3-6H2,1-2H3;3H,1-2H3/t;2*6-,7?,8?;6?,7-,8?;;;;;3-,4?/m.001....0/s1/i;6D;;;;6D;;;. The maximum atomic E-state index is 13.0. The van der Waals surface area contributed by atoms with E-state index < -0.39 is 167 Å². The Labute approximate surface area is 617 Å². The highest BCUT2D eigenvalue weighted by Crippen LogP contribution is 2.65. The first-order chi connectivity index (χ1) is 48.2. The molecule has 21 unspecified atom stereocenters. The molecular weight excluding hydrogens is 1500 g/mol. The van der Waals surface area contributed by atoms with E-state index in [-0.39, 0.29) is 92.3 Å². The lowest BCUT2D eigenvalue weighted by molar-refractivity contribution is -0.248. The molecule has 9 aliphatic rings. The van der Waals surface area contributed by atoms with Gasteiger partial charge in [-0.2, -0.15) is 110 Å². The highest BCUT2D eigenvalue weighted by atomic mass is 19.4. The van der Waals surface area contributed by atoms with Crippen molar-refractivity contribution in [2.45, 2.75) is 332 Å². The third-order valence-corrected chi connectivity index (χ3v) is 25.1. The van der Waals surface area contributed by atoms with E-state index in [0.29, 0.717) is 38.5 Å². The Hall–Kier alpha value is -2.17. The Morgan fingerprint density at radius 3 is 0.897 bits per heavy atom. The lowest BCUT2D eigenvalue weighted by atomic mass is 9.73. The summed E-state index contributed by atoms with van der Waals surface area (Å²) in [5, 5.41) is 0. The maximum absolute atomic E-state index is 13.0. The van der Waals surface area contributed by atoms with Gasteiger partial charge in [0.2, 0.25) is 5.67 Å². The first-order valence-corrected chi connectivity index (χ1v) is 37.5. The van der Waals surface area contributed by atoms with Crippen molar-refractivity contribution >= 4 is 0 Å². The minimum Gasteiger partial charge on any atom is -0.247 e. The molecule has 9 saturated carbocycles. The molecule has 0 radical (unpaired) electrons. The molecule has 0 aromatic rings. The SMILES string of the molecule is CC1C(C)C(C(F)(F)F)C(C)C1C(F)(F)F.CC1C(C)C(F)C(C)C1F.CC1CC(C(F)(F)F)C[C@@H](C)C1.CC1CC(C)C(C(F)(F)F)C1.CC1CCC(C)(F)CC1.CC1CCCC(C(F)(F)F)[C@@H]1C.C[C@H]1C(F)(F)C(C)(F)C(F)(F)C1(F)F.[2H]C1(C)C(C)CCC1C(F)(F)F.[2H][C@]1(C)CC(C)CC(C(F)(F)F)C1. The summed E-state index contributed by atoms with van der Waals surface area (Å²) in [5.74, 6) is -32.7. The van der Waals surface area contributed by atoms with Gasteiger partial charge in [0.25, 0.3) is 5.92 Å². The summed E-state index contributed by atoms with van der Waals surface area (Å²) >= 11 is 0. The second kappa shape index (κ2) is 39.0. The molecule has 31 heteroatoms. The molecule has 9 fully saturated rings.